The summed E-state index contributed by atoms with van der Waals surface area (Å²) in [6, 6.07) is 2.59. The van der Waals surface area contributed by atoms with Crippen LogP contribution in [-0.4, -0.2) is 37.2 Å². The number of nitrogens with zero attached hydrogens (tertiary/aromatic N) is 2. The molecule has 2 aliphatic rings. The summed E-state index contributed by atoms with van der Waals surface area (Å²) in [6.07, 6.45) is 6.12. The third-order valence-corrected chi connectivity index (χ3v) is 3.56. The zero-order chi connectivity index (χ0) is 10.5. The van der Waals surface area contributed by atoms with Crippen molar-refractivity contribution in [3.8, 4) is 6.07 Å². The third kappa shape index (κ3) is 2.70. The summed E-state index contributed by atoms with van der Waals surface area (Å²) in [5, 5.41) is 9.28. The van der Waals surface area contributed by atoms with Crippen molar-refractivity contribution in [2.24, 2.45) is 5.92 Å². The van der Waals surface area contributed by atoms with Crippen molar-refractivity contribution in [1.82, 2.24) is 4.90 Å². The standard InChI is InChI=1S/C12H20N2O/c13-9-12(11-5-4-8-15-10-11)14-6-2-1-3-7-14/h11-12H,1-8,10H2. The van der Waals surface area contributed by atoms with Crippen LogP contribution >= 0.6 is 0 Å². The van der Waals surface area contributed by atoms with Crippen LogP contribution in [0.1, 0.15) is 32.1 Å². The number of likely N-dealkylation sites (tertiary alicyclic amines) is 1. The minimum atomic E-state index is 0.102. The number of ether oxygens (including phenoxy) is 1. The summed E-state index contributed by atoms with van der Waals surface area (Å²) in [5.41, 5.74) is 0. The Bertz CT molecular complexity index is 206. The Kier molecular flexibility index (Phi) is 3.99. The topological polar surface area (TPSA) is 36.3 Å². The molecule has 3 heteroatoms. The molecule has 2 rings (SSSR count). The average Bonchev–Trinajstić information content (AvgIpc) is 2.33. The Morgan fingerprint density at radius 1 is 1.20 bits per heavy atom. The number of nitriles is 1. The predicted molar refractivity (Wildman–Crippen MR) is 58.4 cm³/mol. The summed E-state index contributed by atoms with van der Waals surface area (Å²) in [4.78, 5) is 2.36. The number of piperidine rings is 1. The van der Waals surface area contributed by atoms with Crippen molar-refractivity contribution in [2.75, 3.05) is 26.3 Å². The van der Waals surface area contributed by atoms with Crippen molar-refractivity contribution in [3.63, 3.8) is 0 Å². The van der Waals surface area contributed by atoms with Gasteiger partial charge in [0.1, 0.15) is 6.04 Å². The number of hydrogen-bond acceptors (Lipinski definition) is 3. The second-order valence-electron chi connectivity index (χ2n) is 4.65. The second kappa shape index (κ2) is 5.48. The molecule has 3 nitrogen and oxygen atoms in total. The predicted octanol–water partition coefficient (Wildman–Crippen LogP) is 1.79. The first-order valence-corrected chi connectivity index (χ1v) is 6.13. The summed E-state index contributed by atoms with van der Waals surface area (Å²) in [7, 11) is 0. The Balaban J connectivity index is 1.92. The van der Waals surface area contributed by atoms with E-state index in [0.717, 1.165) is 39.1 Å². The average molecular weight is 208 g/mol. The molecule has 0 spiro atoms. The highest BCUT2D eigenvalue weighted by Gasteiger charge is 2.29. The van der Waals surface area contributed by atoms with Gasteiger partial charge in [-0.05, 0) is 38.8 Å². The lowest BCUT2D eigenvalue weighted by molar-refractivity contribution is 0.0191. The van der Waals surface area contributed by atoms with Crippen molar-refractivity contribution >= 4 is 0 Å². The lowest BCUT2D eigenvalue weighted by Gasteiger charge is -2.36. The van der Waals surface area contributed by atoms with Gasteiger partial charge < -0.3 is 4.74 Å². The lowest BCUT2D eigenvalue weighted by atomic mass is 9.92. The first-order chi connectivity index (χ1) is 7.42. The molecule has 0 bridgehead atoms. The first kappa shape index (κ1) is 10.9. The molecule has 0 aliphatic carbocycles. The van der Waals surface area contributed by atoms with E-state index in [1.54, 1.807) is 0 Å². The van der Waals surface area contributed by atoms with Crippen LogP contribution in [0.4, 0.5) is 0 Å². The maximum Gasteiger partial charge on any atom is 0.103 e. The molecule has 15 heavy (non-hydrogen) atoms. The lowest BCUT2D eigenvalue weighted by Crippen LogP contribution is -2.45. The van der Waals surface area contributed by atoms with Gasteiger partial charge in [-0.25, -0.2) is 0 Å². The monoisotopic (exact) mass is 208 g/mol. The fourth-order valence-corrected chi connectivity index (χ4v) is 2.70. The summed E-state index contributed by atoms with van der Waals surface area (Å²) in [5.74, 6) is 0.446. The minimum absolute atomic E-state index is 0.102. The molecule has 0 aromatic rings. The van der Waals surface area contributed by atoms with Crippen LogP contribution in [-0.2, 0) is 4.74 Å². The highest BCUT2D eigenvalue weighted by molar-refractivity contribution is 4.97. The highest BCUT2D eigenvalue weighted by Crippen LogP contribution is 2.23. The molecule has 0 radical (unpaired) electrons. The summed E-state index contributed by atoms with van der Waals surface area (Å²) in [6.45, 7) is 3.88. The highest BCUT2D eigenvalue weighted by atomic mass is 16.5. The number of hydrogen-bond donors (Lipinski definition) is 0. The van der Waals surface area contributed by atoms with E-state index in [4.69, 9.17) is 4.74 Å². The van der Waals surface area contributed by atoms with Crippen LogP contribution in [0.5, 0.6) is 0 Å². The molecule has 0 N–H and O–H groups in total. The van der Waals surface area contributed by atoms with E-state index in [1.165, 1.54) is 19.3 Å². The van der Waals surface area contributed by atoms with Crippen LogP contribution in [0.25, 0.3) is 0 Å². The Hall–Kier alpha value is -0.590. The van der Waals surface area contributed by atoms with E-state index >= 15 is 0 Å². The summed E-state index contributed by atoms with van der Waals surface area (Å²) >= 11 is 0. The Morgan fingerprint density at radius 2 is 2.00 bits per heavy atom. The fourth-order valence-electron chi connectivity index (χ4n) is 2.70. The molecule has 0 aromatic heterocycles. The van der Waals surface area contributed by atoms with Gasteiger partial charge in [-0.15, -0.1) is 0 Å². The zero-order valence-corrected chi connectivity index (χ0v) is 9.32. The number of rotatable bonds is 2. The van der Waals surface area contributed by atoms with Crippen LogP contribution in [0.15, 0.2) is 0 Å². The molecule has 2 atom stereocenters. The summed E-state index contributed by atoms with van der Waals surface area (Å²) < 4.78 is 5.48. The van der Waals surface area contributed by atoms with Gasteiger partial charge in [-0.2, -0.15) is 5.26 Å². The van der Waals surface area contributed by atoms with Gasteiger partial charge in [-0.3, -0.25) is 4.90 Å². The molecule has 0 aromatic carbocycles. The van der Waals surface area contributed by atoms with E-state index in [9.17, 15) is 5.26 Å². The van der Waals surface area contributed by atoms with Gasteiger partial charge in [0.05, 0.1) is 12.7 Å². The zero-order valence-electron chi connectivity index (χ0n) is 9.32. The van der Waals surface area contributed by atoms with Crippen molar-refractivity contribution in [1.29, 1.82) is 5.26 Å². The molecule has 0 amide bonds. The van der Waals surface area contributed by atoms with Crippen molar-refractivity contribution in [3.05, 3.63) is 0 Å². The third-order valence-electron chi connectivity index (χ3n) is 3.56. The smallest absolute Gasteiger partial charge is 0.103 e. The maximum atomic E-state index is 9.28. The molecule has 2 unspecified atom stereocenters. The van der Waals surface area contributed by atoms with Crippen LogP contribution in [0, 0.1) is 17.2 Å². The van der Waals surface area contributed by atoms with Gasteiger partial charge in [0.2, 0.25) is 0 Å². The van der Waals surface area contributed by atoms with Crippen LogP contribution < -0.4 is 0 Å². The molecule has 2 fully saturated rings. The molecule has 2 saturated heterocycles. The van der Waals surface area contributed by atoms with E-state index in [1.807, 2.05) is 0 Å². The SMILES string of the molecule is N#CC(C1CCCOC1)N1CCCCC1. The Labute approximate surface area is 92.0 Å². The Morgan fingerprint density at radius 3 is 2.60 bits per heavy atom. The first-order valence-electron chi connectivity index (χ1n) is 6.13. The van der Waals surface area contributed by atoms with Crippen molar-refractivity contribution in [2.45, 2.75) is 38.1 Å². The van der Waals surface area contributed by atoms with Crippen LogP contribution in [0.3, 0.4) is 0 Å². The molecule has 84 valence electrons. The van der Waals surface area contributed by atoms with Gasteiger partial charge in [0.15, 0.2) is 0 Å². The van der Waals surface area contributed by atoms with Crippen molar-refractivity contribution < 1.29 is 4.74 Å². The molecule has 2 heterocycles. The van der Waals surface area contributed by atoms with Gasteiger partial charge in [0, 0.05) is 12.5 Å². The molecule has 2 aliphatic heterocycles. The van der Waals surface area contributed by atoms with Gasteiger partial charge in [0.25, 0.3) is 0 Å². The molecular weight excluding hydrogens is 188 g/mol. The van der Waals surface area contributed by atoms with Crippen LogP contribution in [0.2, 0.25) is 0 Å². The molecular formula is C12H20N2O. The van der Waals surface area contributed by atoms with E-state index in [0.29, 0.717) is 5.92 Å². The quantitative estimate of drug-likeness (QED) is 0.694. The van der Waals surface area contributed by atoms with Gasteiger partial charge in [-0.1, -0.05) is 6.42 Å². The largest absolute Gasteiger partial charge is 0.381 e. The van der Waals surface area contributed by atoms with E-state index in [-0.39, 0.29) is 6.04 Å². The maximum absolute atomic E-state index is 9.28. The normalized spacial score (nSPS) is 30.7. The van der Waals surface area contributed by atoms with E-state index in [2.05, 4.69) is 11.0 Å². The molecule has 0 saturated carbocycles. The van der Waals surface area contributed by atoms with E-state index < -0.39 is 0 Å². The fraction of sp³-hybridized carbons (Fsp3) is 0.917. The van der Waals surface area contributed by atoms with Gasteiger partial charge >= 0.3 is 0 Å². The second-order valence-corrected chi connectivity index (χ2v) is 4.65. The minimum Gasteiger partial charge on any atom is -0.381 e.